The van der Waals surface area contributed by atoms with Crippen LogP contribution in [-0.4, -0.2) is 22.5 Å². The first-order valence-corrected chi connectivity index (χ1v) is 5.21. The van der Waals surface area contributed by atoms with E-state index in [4.69, 9.17) is 5.11 Å². The van der Waals surface area contributed by atoms with Gasteiger partial charge in [0.15, 0.2) is 0 Å². The molecule has 0 unspecified atom stereocenters. The number of benzene rings is 1. The van der Waals surface area contributed by atoms with Crippen molar-refractivity contribution in [2.45, 2.75) is 19.8 Å². The molecule has 0 radical (unpaired) electrons. The number of rotatable bonds is 5. The Labute approximate surface area is 98.4 Å². The Morgan fingerprint density at radius 1 is 1.53 bits per heavy atom. The molecule has 17 heavy (non-hydrogen) atoms. The monoisotopic (exact) mass is 238 g/mol. The summed E-state index contributed by atoms with van der Waals surface area (Å²) in [5.41, 5.74) is 0.835. The van der Waals surface area contributed by atoms with Crippen molar-refractivity contribution in [3.05, 3.63) is 33.9 Å². The summed E-state index contributed by atoms with van der Waals surface area (Å²) in [7, 11) is 0. The van der Waals surface area contributed by atoms with E-state index in [0.717, 1.165) is 0 Å². The fourth-order valence-corrected chi connectivity index (χ4v) is 1.41. The molecule has 0 aliphatic heterocycles. The molecule has 1 rings (SSSR count). The molecule has 92 valence electrons. The lowest BCUT2D eigenvalue weighted by molar-refractivity contribution is -0.385. The Morgan fingerprint density at radius 3 is 2.82 bits per heavy atom. The Hall–Kier alpha value is -1.95. The maximum absolute atomic E-state index is 11.4. The van der Waals surface area contributed by atoms with Crippen molar-refractivity contribution < 1.29 is 14.8 Å². The summed E-state index contributed by atoms with van der Waals surface area (Å²) in [6, 6.07) is 4.52. The zero-order chi connectivity index (χ0) is 12.8. The maximum atomic E-state index is 11.4. The van der Waals surface area contributed by atoms with Crippen LogP contribution in [0.15, 0.2) is 18.2 Å². The number of hydrogen-bond acceptors (Lipinski definition) is 4. The van der Waals surface area contributed by atoms with Crippen molar-refractivity contribution >= 4 is 17.3 Å². The van der Waals surface area contributed by atoms with E-state index in [0.29, 0.717) is 17.7 Å². The van der Waals surface area contributed by atoms with Crippen molar-refractivity contribution in [2.75, 3.05) is 11.9 Å². The molecule has 0 atom stereocenters. The molecule has 0 saturated carbocycles. The van der Waals surface area contributed by atoms with Gasteiger partial charge in [-0.1, -0.05) is 6.07 Å². The van der Waals surface area contributed by atoms with Crippen LogP contribution in [0.2, 0.25) is 0 Å². The third kappa shape index (κ3) is 3.53. The van der Waals surface area contributed by atoms with E-state index in [1.165, 1.54) is 12.1 Å². The predicted molar refractivity (Wildman–Crippen MR) is 62.8 cm³/mol. The van der Waals surface area contributed by atoms with Gasteiger partial charge in [0.1, 0.15) is 0 Å². The van der Waals surface area contributed by atoms with E-state index in [2.05, 4.69) is 5.32 Å². The van der Waals surface area contributed by atoms with E-state index in [9.17, 15) is 14.9 Å². The number of nitro benzene ring substituents is 1. The summed E-state index contributed by atoms with van der Waals surface area (Å²) in [6.07, 6.45) is 0.568. The van der Waals surface area contributed by atoms with E-state index in [1.807, 2.05) is 0 Å². The predicted octanol–water partition coefficient (Wildman–Crippen LogP) is 1.61. The summed E-state index contributed by atoms with van der Waals surface area (Å²) >= 11 is 0. The van der Waals surface area contributed by atoms with Crippen LogP contribution in [0.1, 0.15) is 18.4 Å². The van der Waals surface area contributed by atoms with E-state index >= 15 is 0 Å². The number of aliphatic hydroxyl groups is 1. The summed E-state index contributed by atoms with van der Waals surface area (Å²) in [4.78, 5) is 21.6. The number of hydrogen-bond donors (Lipinski definition) is 2. The molecule has 0 aliphatic carbocycles. The second kappa shape index (κ2) is 5.95. The smallest absolute Gasteiger partial charge is 0.274 e. The number of amides is 1. The first-order chi connectivity index (χ1) is 8.06. The molecule has 1 aromatic rings. The van der Waals surface area contributed by atoms with Crippen molar-refractivity contribution in [3.63, 3.8) is 0 Å². The Balaban J connectivity index is 2.81. The molecule has 1 amide bonds. The van der Waals surface area contributed by atoms with E-state index < -0.39 is 4.92 Å². The van der Waals surface area contributed by atoms with Crippen molar-refractivity contribution in [2.24, 2.45) is 0 Å². The number of carbonyl (C=O) groups excluding carboxylic acids is 1. The van der Waals surface area contributed by atoms with Crippen LogP contribution in [-0.2, 0) is 4.79 Å². The Kier molecular flexibility index (Phi) is 4.59. The molecule has 0 aliphatic rings. The van der Waals surface area contributed by atoms with Gasteiger partial charge >= 0.3 is 0 Å². The van der Waals surface area contributed by atoms with E-state index in [-0.39, 0.29) is 24.6 Å². The molecule has 6 nitrogen and oxygen atoms in total. The molecule has 0 saturated heterocycles. The zero-order valence-electron chi connectivity index (χ0n) is 9.47. The molecule has 0 aromatic heterocycles. The maximum Gasteiger partial charge on any atom is 0.274 e. The normalized spacial score (nSPS) is 10.0. The van der Waals surface area contributed by atoms with Gasteiger partial charge in [0.05, 0.1) is 16.2 Å². The van der Waals surface area contributed by atoms with Crippen molar-refractivity contribution in [1.29, 1.82) is 0 Å². The second-order valence-electron chi connectivity index (χ2n) is 3.58. The molecule has 2 N–H and O–H groups in total. The fourth-order valence-electron chi connectivity index (χ4n) is 1.41. The summed E-state index contributed by atoms with van der Waals surface area (Å²) in [5.74, 6) is -0.261. The molecular weight excluding hydrogens is 224 g/mol. The van der Waals surface area contributed by atoms with Crippen LogP contribution in [0.25, 0.3) is 0 Å². The molecule has 1 aromatic carbocycles. The third-order valence-corrected chi connectivity index (χ3v) is 2.34. The number of carbonyl (C=O) groups is 1. The Morgan fingerprint density at radius 2 is 2.24 bits per heavy atom. The minimum atomic E-state index is -0.487. The number of anilines is 1. The Bertz CT molecular complexity index is 431. The van der Waals surface area contributed by atoms with Gasteiger partial charge in [-0.05, 0) is 19.4 Å². The molecule has 0 bridgehead atoms. The number of nitrogens with one attached hydrogen (secondary N) is 1. The van der Waals surface area contributed by atoms with Gasteiger partial charge in [0.2, 0.25) is 5.91 Å². The van der Waals surface area contributed by atoms with Crippen LogP contribution < -0.4 is 5.32 Å². The van der Waals surface area contributed by atoms with Crippen LogP contribution >= 0.6 is 0 Å². The van der Waals surface area contributed by atoms with Gasteiger partial charge in [-0.3, -0.25) is 14.9 Å². The first-order valence-electron chi connectivity index (χ1n) is 5.21. The standard InChI is InChI=1S/C11H14N2O4/c1-8-9(12-11(15)6-3-7-14)4-2-5-10(8)13(16)17/h2,4-5,14H,3,6-7H2,1H3,(H,12,15). The lowest BCUT2D eigenvalue weighted by Gasteiger charge is -2.07. The second-order valence-corrected chi connectivity index (χ2v) is 3.58. The van der Waals surface area contributed by atoms with Crippen molar-refractivity contribution in [3.8, 4) is 0 Å². The molecule has 0 fully saturated rings. The highest BCUT2D eigenvalue weighted by Crippen LogP contribution is 2.25. The zero-order valence-corrected chi connectivity index (χ0v) is 9.47. The fraction of sp³-hybridized carbons (Fsp3) is 0.364. The van der Waals surface area contributed by atoms with Crippen molar-refractivity contribution in [1.82, 2.24) is 0 Å². The number of nitro groups is 1. The molecule has 0 spiro atoms. The molecule has 0 heterocycles. The highest BCUT2D eigenvalue weighted by Gasteiger charge is 2.14. The van der Waals surface area contributed by atoms with Crippen LogP contribution in [0.3, 0.4) is 0 Å². The van der Waals surface area contributed by atoms with Crippen LogP contribution in [0, 0.1) is 17.0 Å². The largest absolute Gasteiger partial charge is 0.396 e. The first kappa shape index (κ1) is 13.1. The lowest BCUT2D eigenvalue weighted by Crippen LogP contribution is -2.13. The molecular formula is C11H14N2O4. The quantitative estimate of drug-likeness (QED) is 0.602. The summed E-state index contributed by atoms with van der Waals surface area (Å²) < 4.78 is 0. The molecule has 6 heteroatoms. The highest BCUT2D eigenvalue weighted by molar-refractivity contribution is 5.92. The lowest BCUT2D eigenvalue weighted by atomic mass is 10.1. The minimum Gasteiger partial charge on any atom is -0.396 e. The van der Waals surface area contributed by atoms with E-state index in [1.54, 1.807) is 13.0 Å². The highest BCUT2D eigenvalue weighted by atomic mass is 16.6. The minimum absolute atomic E-state index is 0.0232. The van der Waals surface area contributed by atoms with Gasteiger partial charge in [0, 0.05) is 19.1 Å². The van der Waals surface area contributed by atoms with Gasteiger partial charge in [0.25, 0.3) is 5.69 Å². The van der Waals surface area contributed by atoms with Crippen LogP contribution in [0.5, 0.6) is 0 Å². The summed E-state index contributed by atoms with van der Waals surface area (Å²) in [6.45, 7) is 1.53. The number of nitrogens with zero attached hydrogens (tertiary/aromatic N) is 1. The third-order valence-electron chi connectivity index (χ3n) is 2.34. The van der Waals surface area contributed by atoms with Gasteiger partial charge in [-0.15, -0.1) is 0 Å². The average molecular weight is 238 g/mol. The number of aliphatic hydroxyl groups excluding tert-OH is 1. The van der Waals surface area contributed by atoms with Gasteiger partial charge in [-0.25, -0.2) is 0 Å². The van der Waals surface area contributed by atoms with Gasteiger partial charge < -0.3 is 10.4 Å². The van der Waals surface area contributed by atoms with Crippen LogP contribution in [0.4, 0.5) is 11.4 Å². The average Bonchev–Trinajstić information content (AvgIpc) is 2.28. The summed E-state index contributed by atoms with van der Waals surface area (Å²) in [5, 5.41) is 21.9. The topological polar surface area (TPSA) is 92.5 Å². The van der Waals surface area contributed by atoms with Gasteiger partial charge in [-0.2, -0.15) is 0 Å². The SMILES string of the molecule is Cc1c(NC(=O)CCCO)cccc1[N+](=O)[O-].